The molecule has 1 atom stereocenters. The van der Waals surface area contributed by atoms with E-state index in [0.717, 1.165) is 5.92 Å². The zero-order valence-corrected chi connectivity index (χ0v) is 13.3. The van der Waals surface area contributed by atoms with Gasteiger partial charge < -0.3 is 4.98 Å². The number of para-hydroxylation sites is 1. The van der Waals surface area contributed by atoms with Gasteiger partial charge in [0.2, 0.25) is 0 Å². The SMILES string of the molecule is CC1(C2CCCc3c2[nH]c2ccccc32)CCCCCC1. The first-order valence-corrected chi connectivity index (χ1v) is 8.87. The highest BCUT2D eigenvalue weighted by Crippen LogP contribution is 2.51. The second kappa shape index (κ2) is 5.19. The minimum Gasteiger partial charge on any atom is -0.358 e. The van der Waals surface area contributed by atoms with Crippen LogP contribution in [0.25, 0.3) is 10.9 Å². The molecule has 0 spiro atoms. The fourth-order valence-electron chi connectivity index (χ4n) is 5.00. The van der Waals surface area contributed by atoms with Crippen LogP contribution in [0, 0.1) is 5.41 Å². The second-order valence-corrected chi connectivity index (χ2v) is 7.58. The molecule has 1 aromatic heterocycles. The van der Waals surface area contributed by atoms with Gasteiger partial charge in [-0.05, 0) is 49.1 Å². The quantitative estimate of drug-likeness (QED) is 0.622. The molecule has 0 amide bonds. The molecule has 2 aliphatic carbocycles. The van der Waals surface area contributed by atoms with Crippen molar-refractivity contribution in [2.45, 2.75) is 70.6 Å². The molecule has 1 heterocycles. The highest BCUT2D eigenvalue weighted by atomic mass is 14.7. The first kappa shape index (κ1) is 13.4. The number of hydrogen-bond acceptors (Lipinski definition) is 0. The number of hydrogen-bond donors (Lipinski definition) is 1. The molecule has 2 aromatic rings. The Bertz CT molecular complexity index is 628. The molecular formula is C20H27N. The maximum absolute atomic E-state index is 3.81. The van der Waals surface area contributed by atoms with Crippen LogP contribution in [-0.4, -0.2) is 4.98 Å². The molecule has 1 aromatic carbocycles. The first-order valence-electron chi connectivity index (χ1n) is 8.87. The van der Waals surface area contributed by atoms with E-state index in [1.54, 1.807) is 11.3 Å². The van der Waals surface area contributed by atoms with E-state index in [1.165, 1.54) is 68.7 Å². The molecule has 1 fully saturated rings. The second-order valence-electron chi connectivity index (χ2n) is 7.58. The number of nitrogens with one attached hydrogen (secondary N) is 1. The van der Waals surface area contributed by atoms with Crippen molar-refractivity contribution in [3.05, 3.63) is 35.5 Å². The van der Waals surface area contributed by atoms with E-state index in [1.807, 2.05) is 0 Å². The Morgan fingerprint density at radius 2 is 1.76 bits per heavy atom. The van der Waals surface area contributed by atoms with Crippen molar-refractivity contribution < 1.29 is 0 Å². The van der Waals surface area contributed by atoms with E-state index >= 15 is 0 Å². The van der Waals surface area contributed by atoms with Gasteiger partial charge in [0, 0.05) is 22.5 Å². The average molecular weight is 281 g/mol. The monoisotopic (exact) mass is 281 g/mol. The van der Waals surface area contributed by atoms with E-state index in [2.05, 4.69) is 36.2 Å². The molecule has 0 radical (unpaired) electrons. The topological polar surface area (TPSA) is 15.8 Å². The largest absolute Gasteiger partial charge is 0.358 e. The van der Waals surface area contributed by atoms with Crippen molar-refractivity contribution in [3.8, 4) is 0 Å². The first-order chi connectivity index (χ1) is 10.3. The van der Waals surface area contributed by atoms with Gasteiger partial charge in [-0.3, -0.25) is 0 Å². The molecule has 1 nitrogen and oxygen atoms in total. The molecular weight excluding hydrogens is 254 g/mol. The normalized spacial score (nSPS) is 25.5. The predicted octanol–water partition coefficient (Wildman–Crippen LogP) is 5.95. The summed E-state index contributed by atoms with van der Waals surface area (Å²) in [6, 6.07) is 8.91. The molecule has 112 valence electrons. The van der Waals surface area contributed by atoms with E-state index in [0.29, 0.717) is 5.41 Å². The van der Waals surface area contributed by atoms with E-state index < -0.39 is 0 Å². The van der Waals surface area contributed by atoms with Gasteiger partial charge in [-0.2, -0.15) is 0 Å². The van der Waals surface area contributed by atoms with Gasteiger partial charge in [0.25, 0.3) is 0 Å². The van der Waals surface area contributed by atoms with Gasteiger partial charge in [-0.15, -0.1) is 0 Å². The fraction of sp³-hybridized carbons (Fsp3) is 0.600. The van der Waals surface area contributed by atoms with Gasteiger partial charge in [0.15, 0.2) is 0 Å². The summed E-state index contributed by atoms with van der Waals surface area (Å²) in [5.41, 5.74) is 5.10. The molecule has 4 rings (SSSR count). The van der Waals surface area contributed by atoms with Crippen molar-refractivity contribution >= 4 is 10.9 Å². The number of aromatic nitrogens is 1. The third kappa shape index (κ3) is 2.22. The molecule has 1 unspecified atom stereocenters. The summed E-state index contributed by atoms with van der Waals surface area (Å²) in [6.07, 6.45) is 12.6. The highest BCUT2D eigenvalue weighted by Gasteiger charge is 2.39. The smallest absolute Gasteiger partial charge is 0.0459 e. The summed E-state index contributed by atoms with van der Waals surface area (Å²) in [5, 5.41) is 1.48. The number of aromatic amines is 1. The zero-order valence-electron chi connectivity index (χ0n) is 13.3. The van der Waals surface area contributed by atoms with Crippen LogP contribution in [0.1, 0.15) is 75.5 Å². The van der Waals surface area contributed by atoms with Crippen LogP contribution in [0.4, 0.5) is 0 Å². The zero-order chi connectivity index (χ0) is 14.3. The lowest BCUT2D eigenvalue weighted by Crippen LogP contribution is -2.28. The number of fused-ring (bicyclic) bond motifs is 3. The van der Waals surface area contributed by atoms with E-state index in [9.17, 15) is 0 Å². The standard InChI is InChI=1S/C20H27N/c1-20(13-6-2-3-7-14-20)17-11-8-10-16-15-9-4-5-12-18(15)21-19(16)17/h4-5,9,12,17,21H,2-3,6-8,10-11,13-14H2,1H3. The molecule has 0 aliphatic heterocycles. The maximum atomic E-state index is 3.81. The van der Waals surface area contributed by atoms with Crippen LogP contribution in [0.15, 0.2) is 24.3 Å². The molecule has 1 saturated carbocycles. The number of H-pyrrole nitrogens is 1. The Kier molecular flexibility index (Phi) is 3.32. The summed E-state index contributed by atoms with van der Waals surface area (Å²) in [5.74, 6) is 0.756. The molecule has 0 saturated heterocycles. The van der Waals surface area contributed by atoms with Crippen LogP contribution in [-0.2, 0) is 6.42 Å². The van der Waals surface area contributed by atoms with Crippen LogP contribution in [0.5, 0.6) is 0 Å². The van der Waals surface area contributed by atoms with Crippen molar-refractivity contribution in [2.75, 3.05) is 0 Å². The lowest BCUT2D eigenvalue weighted by Gasteiger charge is -2.39. The van der Waals surface area contributed by atoms with E-state index in [4.69, 9.17) is 0 Å². The minimum atomic E-state index is 0.520. The Balaban J connectivity index is 1.79. The minimum absolute atomic E-state index is 0.520. The summed E-state index contributed by atoms with van der Waals surface area (Å²) < 4.78 is 0. The van der Waals surface area contributed by atoms with Crippen LogP contribution in [0.3, 0.4) is 0 Å². The highest BCUT2D eigenvalue weighted by molar-refractivity contribution is 5.85. The third-order valence-electron chi connectivity index (χ3n) is 6.20. The predicted molar refractivity (Wildman–Crippen MR) is 89.8 cm³/mol. The Morgan fingerprint density at radius 3 is 2.57 bits per heavy atom. The molecule has 1 heteroatoms. The summed E-state index contributed by atoms with van der Waals surface area (Å²) in [6.45, 7) is 2.57. The van der Waals surface area contributed by atoms with Crippen LogP contribution >= 0.6 is 0 Å². The number of benzene rings is 1. The Labute approximate surface area is 128 Å². The van der Waals surface area contributed by atoms with Gasteiger partial charge in [-0.25, -0.2) is 0 Å². The van der Waals surface area contributed by atoms with Crippen molar-refractivity contribution in [3.63, 3.8) is 0 Å². The molecule has 0 bridgehead atoms. The van der Waals surface area contributed by atoms with Gasteiger partial charge in [0.1, 0.15) is 0 Å². The van der Waals surface area contributed by atoms with Gasteiger partial charge >= 0.3 is 0 Å². The molecule has 1 N–H and O–H groups in total. The average Bonchev–Trinajstić information content (AvgIpc) is 2.75. The lowest BCUT2D eigenvalue weighted by molar-refractivity contribution is 0.194. The van der Waals surface area contributed by atoms with Crippen molar-refractivity contribution in [2.24, 2.45) is 5.41 Å². The summed E-state index contributed by atoms with van der Waals surface area (Å²) in [4.78, 5) is 3.81. The summed E-state index contributed by atoms with van der Waals surface area (Å²) in [7, 11) is 0. The summed E-state index contributed by atoms with van der Waals surface area (Å²) >= 11 is 0. The van der Waals surface area contributed by atoms with Crippen molar-refractivity contribution in [1.82, 2.24) is 4.98 Å². The molecule has 2 aliphatic rings. The van der Waals surface area contributed by atoms with Gasteiger partial charge in [-0.1, -0.05) is 50.8 Å². The van der Waals surface area contributed by atoms with Crippen molar-refractivity contribution in [1.29, 1.82) is 0 Å². The number of rotatable bonds is 1. The van der Waals surface area contributed by atoms with E-state index in [-0.39, 0.29) is 0 Å². The van der Waals surface area contributed by atoms with Gasteiger partial charge in [0.05, 0.1) is 0 Å². The maximum Gasteiger partial charge on any atom is 0.0459 e. The third-order valence-corrected chi connectivity index (χ3v) is 6.20. The lowest BCUT2D eigenvalue weighted by atomic mass is 9.65. The van der Waals surface area contributed by atoms with Crippen LogP contribution in [0.2, 0.25) is 0 Å². The number of aryl methyl sites for hydroxylation is 1. The van der Waals surface area contributed by atoms with Crippen LogP contribution < -0.4 is 0 Å². The fourth-order valence-corrected chi connectivity index (χ4v) is 5.00. The Morgan fingerprint density at radius 1 is 1.00 bits per heavy atom. The Hall–Kier alpha value is -1.24. The molecule has 21 heavy (non-hydrogen) atoms.